The summed E-state index contributed by atoms with van der Waals surface area (Å²) in [7, 11) is 0. The molecule has 1 aliphatic carbocycles. The van der Waals surface area contributed by atoms with Gasteiger partial charge in [0.25, 0.3) is 0 Å². The molecule has 0 amide bonds. The summed E-state index contributed by atoms with van der Waals surface area (Å²) in [5.41, 5.74) is 2.10. The molecule has 0 N–H and O–H groups in total. The van der Waals surface area contributed by atoms with Crippen molar-refractivity contribution in [3.8, 4) is 0 Å². The average Bonchev–Trinajstić information content (AvgIpc) is 2.69. The van der Waals surface area contributed by atoms with Crippen molar-refractivity contribution in [2.75, 3.05) is 0 Å². The van der Waals surface area contributed by atoms with Gasteiger partial charge in [0.15, 0.2) is 0 Å². The monoisotopic (exact) mass is 166 g/mol. The Morgan fingerprint density at radius 2 is 2.08 bits per heavy atom. The Morgan fingerprint density at radius 3 is 2.42 bits per heavy atom. The van der Waals surface area contributed by atoms with E-state index in [0.717, 1.165) is 11.3 Å². The minimum absolute atomic E-state index is 0.735. The van der Waals surface area contributed by atoms with Crippen molar-refractivity contribution in [3.05, 3.63) is 12.2 Å². The summed E-state index contributed by atoms with van der Waals surface area (Å²) in [6, 6.07) is 0. The Kier molecular flexibility index (Phi) is 2.98. The first-order chi connectivity index (χ1) is 5.59. The molecule has 1 atom stereocenters. The van der Waals surface area contributed by atoms with Crippen molar-refractivity contribution in [1.29, 1.82) is 0 Å². The highest BCUT2D eigenvalue weighted by Gasteiger charge is 2.41. The largest absolute Gasteiger partial charge is 0.0999 e. The van der Waals surface area contributed by atoms with E-state index in [1.807, 2.05) is 0 Å². The lowest BCUT2D eigenvalue weighted by Gasteiger charge is -2.19. The second kappa shape index (κ2) is 3.64. The lowest BCUT2D eigenvalue weighted by Crippen LogP contribution is -2.07. The maximum absolute atomic E-state index is 4.03. The van der Waals surface area contributed by atoms with Gasteiger partial charge in [-0.15, -0.1) is 0 Å². The molecule has 1 unspecified atom stereocenters. The number of hydrogen-bond donors (Lipinski definition) is 0. The van der Waals surface area contributed by atoms with Crippen LogP contribution in [0.2, 0.25) is 0 Å². The van der Waals surface area contributed by atoms with Gasteiger partial charge >= 0.3 is 0 Å². The molecule has 1 aliphatic rings. The van der Waals surface area contributed by atoms with Gasteiger partial charge in [-0.3, -0.25) is 0 Å². The molecule has 0 heterocycles. The molecule has 70 valence electrons. The minimum Gasteiger partial charge on any atom is -0.0999 e. The van der Waals surface area contributed by atoms with Crippen molar-refractivity contribution < 1.29 is 0 Å². The van der Waals surface area contributed by atoms with Crippen molar-refractivity contribution in [1.82, 2.24) is 0 Å². The Labute approximate surface area is 77.1 Å². The van der Waals surface area contributed by atoms with E-state index in [2.05, 4.69) is 27.4 Å². The Morgan fingerprint density at radius 1 is 1.50 bits per heavy atom. The van der Waals surface area contributed by atoms with Crippen LogP contribution in [-0.4, -0.2) is 0 Å². The van der Waals surface area contributed by atoms with Crippen LogP contribution >= 0.6 is 0 Å². The van der Waals surface area contributed by atoms with Crippen LogP contribution in [0.3, 0.4) is 0 Å². The highest BCUT2D eigenvalue weighted by atomic mass is 14.5. The van der Waals surface area contributed by atoms with Gasteiger partial charge in [-0.25, -0.2) is 0 Å². The number of allylic oxidation sites excluding steroid dienone is 1. The Hall–Kier alpha value is -0.260. The maximum Gasteiger partial charge on any atom is -0.0232 e. The Bertz CT molecular complexity index is 163. The van der Waals surface area contributed by atoms with Gasteiger partial charge in [-0.05, 0) is 43.9 Å². The lowest BCUT2D eigenvalue weighted by molar-refractivity contribution is 0.372. The zero-order chi connectivity index (χ0) is 9.19. The van der Waals surface area contributed by atoms with Crippen LogP contribution in [0.15, 0.2) is 12.2 Å². The van der Waals surface area contributed by atoms with Crippen molar-refractivity contribution in [2.24, 2.45) is 11.3 Å². The third-order valence-corrected chi connectivity index (χ3v) is 3.32. The number of rotatable bonds is 5. The molecule has 0 nitrogen and oxygen atoms in total. The highest BCUT2D eigenvalue weighted by Crippen LogP contribution is 2.54. The van der Waals surface area contributed by atoms with Crippen LogP contribution in [0.4, 0.5) is 0 Å². The van der Waals surface area contributed by atoms with Crippen LogP contribution in [0.1, 0.15) is 52.9 Å². The van der Waals surface area contributed by atoms with Gasteiger partial charge in [-0.1, -0.05) is 32.4 Å². The molecule has 12 heavy (non-hydrogen) atoms. The fourth-order valence-corrected chi connectivity index (χ4v) is 2.09. The first kappa shape index (κ1) is 9.83. The first-order valence-electron chi connectivity index (χ1n) is 5.25. The summed E-state index contributed by atoms with van der Waals surface area (Å²) < 4.78 is 0. The maximum atomic E-state index is 4.03. The molecule has 1 saturated carbocycles. The molecule has 0 bridgehead atoms. The van der Waals surface area contributed by atoms with E-state index < -0.39 is 0 Å². The van der Waals surface area contributed by atoms with Crippen LogP contribution in [0.25, 0.3) is 0 Å². The highest BCUT2D eigenvalue weighted by molar-refractivity contribution is 5.01. The standard InChI is InChI=1S/C12H22/c1-5-6-12(7-8-12)9-11(4)10(2)3/h11H,2,5-9H2,1,3-4H3. The van der Waals surface area contributed by atoms with Gasteiger partial charge in [0.1, 0.15) is 0 Å². The summed E-state index contributed by atoms with van der Waals surface area (Å²) in [6.07, 6.45) is 7.11. The summed E-state index contributed by atoms with van der Waals surface area (Å²) >= 11 is 0. The second-order valence-electron chi connectivity index (χ2n) is 4.70. The molecule has 0 heteroatoms. The molecular weight excluding hydrogens is 144 g/mol. The van der Waals surface area contributed by atoms with Crippen LogP contribution in [0.5, 0.6) is 0 Å². The zero-order valence-corrected chi connectivity index (χ0v) is 8.82. The van der Waals surface area contributed by atoms with E-state index in [9.17, 15) is 0 Å². The van der Waals surface area contributed by atoms with E-state index in [1.54, 1.807) is 0 Å². The van der Waals surface area contributed by atoms with Crippen molar-refractivity contribution >= 4 is 0 Å². The normalized spacial score (nSPS) is 21.9. The van der Waals surface area contributed by atoms with Crippen molar-refractivity contribution in [2.45, 2.75) is 52.9 Å². The Balaban J connectivity index is 2.34. The molecule has 0 aromatic carbocycles. The third kappa shape index (κ3) is 2.36. The summed E-state index contributed by atoms with van der Waals surface area (Å²) in [5, 5.41) is 0. The van der Waals surface area contributed by atoms with E-state index in [0.29, 0.717) is 0 Å². The summed E-state index contributed by atoms with van der Waals surface area (Å²) in [6.45, 7) is 10.8. The summed E-state index contributed by atoms with van der Waals surface area (Å²) in [5.74, 6) is 0.735. The van der Waals surface area contributed by atoms with Gasteiger partial charge in [0.2, 0.25) is 0 Å². The van der Waals surface area contributed by atoms with Gasteiger partial charge in [-0.2, -0.15) is 0 Å². The minimum atomic E-state index is 0.735. The van der Waals surface area contributed by atoms with E-state index in [-0.39, 0.29) is 0 Å². The predicted octanol–water partition coefficient (Wildman–Crippen LogP) is 4.17. The zero-order valence-electron chi connectivity index (χ0n) is 8.82. The average molecular weight is 166 g/mol. The number of hydrogen-bond acceptors (Lipinski definition) is 0. The van der Waals surface area contributed by atoms with Crippen LogP contribution in [-0.2, 0) is 0 Å². The predicted molar refractivity (Wildman–Crippen MR) is 55.2 cm³/mol. The molecule has 0 radical (unpaired) electrons. The quantitative estimate of drug-likeness (QED) is 0.538. The lowest BCUT2D eigenvalue weighted by atomic mass is 9.86. The van der Waals surface area contributed by atoms with Crippen molar-refractivity contribution in [3.63, 3.8) is 0 Å². The van der Waals surface area contributed by atoms with Gasteiger partial charge in [0, 0.05) is 0 Å². The molecule has 0 aliphatic heterocycles. The van der Waals surface area contributed by atoms with E-state index in [1.165, 1.54) is 37.7 Å². The first-order valence-corrected chi connectivity index (χ1v) is 5.25. The fraction of sp³-hybridized carbons (Fsp3) is 0.833. The molecule has 1 rings (SSSR count). The van der Waals surface area contributed by atoms with Crippen LogP contribution < -0.4 is 0 Å². The molecule has 0 aromatic rings. The summed E-state index contributed by atoms with van der Waals surface area (Å²) in [4.78, 5) is 0. The van der Waals surface area contributed by atoms with Gasteiger partial charge < -0.3 is 0 Å². The molecule has 0 aromatic heterocycles. The van der Waals surface area contributed by atoms with E-state index >= 15 is 0 Å². The molecule has 0 saturated heterocycles. The molecular formula is C12H22. The molecule has 1 fully saturated rings. The third-order valence-electron chi connectivity index (χ3n) is 3.32. The topological polar surface area (TPSA) is 0 Å². The SMILES string of the molecule is C=C(C)C(C)CC1(CCC)CC1. The second-order valence-corrected chi connectivity index (χ2v) is 4.70. The molecule has 0 spiro atoms. The van der Waals surface area contributed by atoms with E-state index in [4.69, 9.17) is 0 Å². The smallest absolute Gasteiger partial charge is 0.0232 e. The fourth-order valence-electron chi connectivity index (χ4n) is 2.09. The van der Waals surface area contributed by atoms with Crippen LogP contribution in [0, 0.1) is 11.3 Å². The van der Waals surface area contributed by atoms with Gasteiger partial charge in [0.05, 0.1) is 0 Å².